The van der Waals surface area contributed by atoms with Crippen LogP contribution in [-0.4, -0.2) is 55.7 Å². The van der Waals surface area contributed by atoms with Crippen LogP contribution in [0.1, 0.15) is 41.7 Å². The average Bonchev–Trinajstić information content (AvgIpc) is 3.25. The molecule has 1 saturated carbocycles. The molecule has 1 heterocycles. The van der Waals surface area contributed by atoms with E-state index in [1.165, 1.54) is 9.58 Å². The number of carbonyl (C=O) groups is 3. The SMILES string of the molecule is CN(Cc1ccccc1)C(=O)C(=O)c1c(-c2ccc(NC3CCCC(C(=O)O)C3)cc2)nnn1C. The molecule has 0 bridgehead atoms. The second-order valence-corrected chi connectivity index (χ2v) is 9.01. The summed E-state index contributed by atoms with van der Waals surface area (Å²) in [5.41, 5.74) is 2.93. The number of nitrogens with one attached hydrogen (secondary N) is 1. The normalized spacial score (nSPS) is 17.5. The fourth-order valence-electron chi connectivity index (χ4n) is 4.52. The van der Waals surface area contributed by atoms with Crippen LogP contribution in [0, 0.1) is 5.92 Å². The molecular weight excluding hydrogens is 446 g/mol. The number of carboxylic acids is 1. The molecule has 3 aromatic rings. The number of likely N-dealkylation sites (N-methyl/N-ethyl adjacent to an activating group) is 1. The third-order valence-electron chi connectivity index (χ3n) is 6.40. The number of anilines is 1. The van der Waals surface area contributed by atoms with Gasteiger partial charge in [-0.2, -0.15) is 0 Å². The summed E-state index contributed by atoms with van der Waals surface area (Å²) in [6, 6.07) is 16.9. The Bertz CT molecular complexity index is 1210. The fourth-order valence-corrected chi connectivity index (χ4v) is 4.52. The predicted octanol–water partition coefficient (Wildman–Crippen LogP) is 3.38. The van der Waals surface area contributed by atoms with Gasteiger partial charge in [0.1, 0.15) is 11.4 Å². The minimum absolute atomic E-state index is 0.0992. The van der Waals surface area contributed by atoms with E-state index in [1.54, 1.807) is 14.1 Å². The molecule has 182 valence electrons. The van der Waals surface area contributed by atoms with Gasteiger partial charge < -0.3 is 15.3 Å². The fraction of sp³-hybridized carbons (Fsp3) is 0.346. The third-order valence-corrected chi connectivity index (χ3v) is 6.40. The Hall–Kier alpha value is -4.01. The van der Waals surface area contributed by atoms with E-state index in [2.05, 4.69) is 15.6 Å². The van der Waals surface area contributed by atoms with Gasteiger partial charge in [0.05, 0.1) is 5.92 Å². The number of aliphatic carboxylic acids is 1. The Morgan fingerprint density at radius 2 is 1.80 bits per heavy atom. The zero-order valence-corrected chi connectivity index (χ0v) is 19.8. The van der Waals surface area contributed by atoms with Crippen LogP contribution in [0.5, 0.6) is 0 Å². The Labute approximate surface area is 203 Å². The lowest BCUT2D eigenvalue weighted by Crippen LogP contribution is -2.34. The van der Waals surface area contributed by atoms with Gasteiger partial charge in [-0.3, -0.25) is 14.4 Å². The largest absolute Gasteiger partial charge is 0.481 e. The molecule has 2 unspecified atom stereocenters. The monoisotopic (exact) mass is 475 g/mol. The summed E-state index contributed by atoms with van der Waals surface area (Å²) in [6.45, 7) is 0.316. The summed E-state index contributed by atoms with van der Waals surface area (Å²) >= 11 is 0. The molecule has 1 aliphatic rings. The van der Waals surface area contributed by atoms with E-state index in [0.29, 0.717) is 24.2 Å². The molecular formula is C26H29N5O4. The molecule has 0 spiro atoms. The molecule has 1 aromatic heterocycles. The number of carbonyl (C=O) groups excluding carboxylic acids is 2. The quantitative estimate of drug-likeness (QED) is 0.379. The minimum Gasteiger partial charge on any atom is -0.481 e. The molecule has 1 amide bonds. The number of nitrogens with zero attached hydrogens (tertiary/aromatic N) is 4. The zero-order chi connectivity index (χ0) is 24.9. The first kappa shape index (κ1) is 24.1. The van der Waals surface area contributed by atoms with E-state index in [4.69, 9.17) is 0 Å². The van der Waals surface area contributed by atoms with Crippen molar-refractivity contribution in [1.29, 1.82) is 0 Å². The maximum absolute atomic E-state index is 13.1. The second kappa shape index (κ2) is 10.5. The number of Topliss-reactive ketones (excluding diaryl/α,β-unsaturated/α-hetero) is 1. The van der Waals surface area contributed by atoms with Gasteiger partial charge in [-0.1, -0.05) is 54.1 Å². The Morgan fingerprint density at radius 3 is 2.49 bits per heavy atom. The first-order valence-electron chi connectivity index (χ1n) is 11.7. The highest BCUT2D eigenvalue weighted by Crippen LogP contribution is 2.28. The first-order valence-corrected chi connectivity index (χ1v) is 11.7. The molecule has 2 N–H and O–H groups in total. The summed E-state index contributed by atoms with van der Waals surface area (Å²) in [5.74, 6) is -2.36. The number of aryl methyl sites for hydroxylation is 1. The van der Waals surface area contributed by atoms with Crippen LogP contribution in [0.3, 0.4) is 0 Å². The molecule has 35 heavy (non-hydrogen) atoms. The number of aromatic nitrogens is 3. The lowest BCUT2D eigenvalue weighted by Gasteiger charge is -2.28. The highest BCUT2D eigenvalue weighted by Gasteiger charge is 2.29. The number of amides is 1. The van der Waals surface area contributed by atoms with Crippen molar-refractivity contribution >= 4 is 23.3 Å². The molecule has 0 radical (unpaired) electrons. The van der Waals surface area contributed by atoms with Gasteiger partial charge >= 0.3 is 5.97 Å². The van der Waals surface area contributed by atoms with Gasteiger partial charge in [0, 0.05) is 37.9 Å². The number of ketones is 1. The van der Waals surface area contributed by atoms with Crippen molar-refractivity contribution in [2.45, 2.75) is 38.3 Å². The van der Waals surface area contributed by atoms with Gasteiger partial charge in [-0.15, -0.1) is 5.10 Å². The minimum atomic E-state index is -0.740. The van der Waals surface area contributed by atoms with E-state index < -0.39 is 17.7 Å². The lowest BCUT2D eigenvalue weighted by atomic mass is 9.85. The standard InChI is InChI=1S/C26H29N5O4/c1-30(16-17-7-4-3-5-8-17)25(33)24(32)23-22(28-29-31(23)2)18-11-13-20(14-12-18)27-21-10-6-9-19(15-21)26(34)35/h3-5,7-8,11-14,19,21,27H,6,9-10,15-16H2,1-2H3,(H,34,35). The van der Waals surface area contributed by atoms with Crippen molar-refractivity contribution in [3.05, 3.63) is 65.9 Å². The maximum atomic E-state index is 13.1. The van der Waals surface area contributed by atoms with Crippen molar-refractivity contribution < 1.29 is 19.5 Å². The summed E-state index contributed by atoms with van der Waals surface area (Å²) in [6.07, 6.45) is 3.12. The van der Waals surface area contributed by atoms with Crippen LogP contribution in [0.25, 0.3) is 11.3 Å². The first-order chi connectivity index (χ1) is 16.8. The number of carboxylic acid groups (broad SMARTS) is 1. The van der Waals surface area contributed by atoms with Gasteiger partial charge in [0.25, 0.3) is 11.7 Å². The van der Waals surface area contributed by atoms with E-state index >= 15 is 0 Å². The van der Waals surface area contributed by atoms with E-state index in [0.717, 1.165) is 30.5 Å². The van der Waals surface area contributed by atoms with Crippen LogP contribution in [-0.2, 0) is 23.2 Å². The number of hydrogen-bond acceptors (Lipinski definition) is 6. The van der Waals surface area contributed by atoms with Gasteiger partial charge in [0.15, 0.2) is 0 Å². The van der Waals surface area contributed by atoms with Gasteiger partial charge in [0.2, 0.25) is 0 Å². The molecule has 0 saturated heterocycles. The summed E-state index contributed by atoms with van der Waals surface area (Å²) < 4.78 is 1.33. The molecule has 1 fully saturated rings. The second-order valence-electron chi connectivity index (χ2n) is 9.01. The highest BCUT2D eigenvalue weighted by atomic mass is 16.4. The molecule has 9 nitrogen and oxygen atoms in total. The number of rotatable bonds is 8. The summed E-state index contributed by atoms with van der Waals surface area (Å²) in [7, 11) is 3.18. The van der Waals surface area contributed by atoms with Crippen molar-refractivity contribution in [2.75, 3.05) is 12.4 Å². The summed E-state index contributed by atoms with van der Waals surface area (Å²) in [5, 5.41) is 20.8. The van der Waals surface area contributed by atoms with Crippen molar-refractivity contribution in [1.82, 2.24) is 19.9 Å². The van der Waals surface area contributed by atoms with Crippen molar-refractivity contribution in [3.8, 4) is 11.3 Å². The van der Waals surface area contributed by atoms with Gasteiger partial charge in [-0.25, -0.2) is 4.68 Å². The van der Waals surface area contributed by atoms with Crippen molar-refractivity contribution in [2.24, 2.45) is 13.0 Å². The molecule has 0 aliphatic heterocycles. The van der Waals surface area contributed by atoms with Crippen LogP contribution >= 0.6 is 0 Å². The van der Waals surface area contributed by atoms with Crippen molar-refractivity contribution in [3.63, 3.8) is 0 Å². The van der Waals surface area contributed by atoms with Gasteiger partial charge in [-0.05, 0) is 37.0 Å². The number of benzene rings is 2. The van der Waals surface area contributed by atoms with Crippen LogP contribution in [0.4, 0.5) is 5.69 Å². The predicted molar refractivity (Wildman–Crippen MR) is 131 cm³/mol. The molecule has 2 atom stereocenters. The topological polar surface area (TPSA) is 117 Å². The highest BCUT2D eigenvalue weighted by molar-refractivity contribution is 6.43. The maximum Gasteiger partial charge on any atom is 0.306 e. The van der Waals surface area contributed by atoms with Crippen LogP contribution in [0.15, 0.2) is 54.6 Å². The average molecular weight is 476 g/mol. The Balaban J connectivity index is 1.47. The number of hydrogen-bond donors (Lipinski definition) is 2. The molecule has 9 heteroatoms. The molecule has 2 aromatic carbocycles. The van der Waals surface area contributed by atoms with E-state index in [9.17, 15) is 19.5 Å². The third kappa shape index (κ3) is 5.56. The lowest BCUT2D eigenvalue weighted by molar-refractivity contribution is -0.142. The van der Waals surface area contributed by atoms with Crippen LogP contribution < -0.4 is 5.32 Å². The Kier molecular flexibility index (Phi) is 7.24. The Morgan fingerprint density at radius 1 is 1.09 bits per heavy atom. The summed E-state index contributed by atoms with van der Waals surface area (Å²) in [4.78, 5) is 38.7. The molecule has 1 aliphatic carbocycles. The van der Waals surface area contributed by atoms with Crippen LogP contribution in [0.2, 0.25) is 0 Å². The molecule has 4 rings (SSSR count). The smallest absolute Gasteiger partial charge is 0.306 e. The van der Waals surface area contributed by atoms with E-state index in [1.807, 2.05) is 54.6 Å². The zero-order valence-electron chi connectivity index (χ0n) is 19.8. The van der Waals surface area contributed by atoms with E-state index in [-0.39, 0.29) is 17.7 Å².